The summed E-state index contributed by atoms with van der Waals surface area (Å²) in [6, 6.07) is 3.93. The molecule has 6 N–H and O–H groups in total. The zero-order chi connectivity index (χ0) is 55.4. The molecule has 2 aliphatic rings. The molecule has 4 amide bonds. The molecule has 2 aromatic carbocycles. The van der Waals surface area contributed by atoms with Crippen molar-refractivity contribution in [3.63, 3.8) is 0 Å². The van der Waals surface area contributed by atoms with Crippen LogP contribution in [0.4, 0.5) is 59.3 Å². The van der Waals surface area contributed by atoms with Crippen molar-refractivity contribution < 1.29 is 82.8 Å². The van der Waals surface area contributed by atoms with Crippen LogP contribution in [-0.4, -0.2) is 131 Å². The van der Waals surface area contributed by atoms with Crippen molar-refractivity contribution in [3.8, 4) is 23.0 Å². The number of amides is 4. The number of carbonyl (C=O) groups is 4. The van der Waals surface area contributed by atoms with E-state index in [1.165, 1.54) is 29.6 Å². The van der Waals surface area contributed by atoms with Crippen LogP contribution in [0.2, 0.25) is 0 Å². The van der Waals surface area contributed by atoms with Crippen LogP contribution in [-0.2, 0) is 32.0 Å². The number of benzene rings is 2. The van der Waals surface area contributed by atoms with Gasteiger partial charge in [-0.3, -0.25) is 15.0 Å². The van der Waals surface area contributed by atoms with Gasteiger partial charge in [-0.2, -0.15) is 40.2 Å². The summed E-state index contributed by atoms with van der Waals surface area (Å²) in [5.74, 6) is 0.489. The number of aliphatic hydroxyl groups excluding tert-OH is 1. The number of hydrazine groups is 1. The van der Waals surface area contributed by atoms with E-state index in [4.69, 9.17) is 4.74 Å². The molecule has 4 aromatic rings. The monoisotopic (exact) mass is 1070 g/mol. The van der Waals surface area contributed by atoms with Gasteiger partial charge in [-0.25, -0.2) is 33.0 Å². The fraction of sp³-hybridized carbons (Fsp3) is 0.458. The number of aliphatic hydroxyl groups is 1. The van der Waals surface area contributed by atoms with Crippen molar-refractivity contribution in [2.24, 2.45) is 16.2 Å². The lowest BCUT2D eigenvalue weighted by atomic mass is 9.78. The number of pyridine rings is 1. The van der Waals surface area contributed by atoms with Crippen molar-refractivity contribution >= 4 is 29.8 Å². The quantitative estimate of drug-likeness (QED) is 0.0368. The molecule has 406 valence electrons. The molecule has 2 fully saturated rings. The molecule has 4 atom stereocenters. The number of methoxy groups -OCH3 is 1. The largest absolute Gasteiger partial charge is 0.465 e. The molecule has 0 unspecified atom stereocenters. The minimum absolute atomic E-state index is 0.169. The number of anilines is 1. The third-order valence-electron chi connectivity index (χ3n) is 12.9. The van der Waals surface area contributed by atoms with Gasteiger partial charge in [-0.1, -0.05) is 24.0 Å². The van der Waals surface area contributed by atoms with Gasteiger partial charge >= 0.3 is 31.1 Å². The second kappa shape index (κ2) is 22.3. The lowest BCUT2D eigenvalue weighted by molar-refractivity contribution is -0.221. The van der Waals surface area contributed by atoms with Gasteiger partial charge in [0.15, 0.2) is 0 Å². The Labute approximate surface area is 421 Å². The van der Waals surface area contributed by atoms with Crippen LogP contribution < -0.4 is 26.3 Å². The van der Waals surface area contributed by atoms with Crippen molar-refractivity contribution in [3.05, 3.63) is 101 Å². The standard InChI is InChI=1S/C48H51F10N9O8/c1-44(2,47(53,54)55)37(63-43(73)74-5)39(69)61-34(14-27-9-6-26(7-10-27)8-11-28-12-13-36(59-17-28)65-22-46(23-65)24-75-25-46)35(68)21-66(64-40(70)38(62-42(71)72)45(3,4)48(56,57)58)20-31-32(49)15-29(16-33(31)50)30-18-60-67(19-30)41(51)52/h6-7,9-10,12-13,15-19,34-35,37-38,41,62,68H,14,20-25H2,1-5H3,(H,61,69)(H,63,73)(H,64,70)(H,71,72)/t34-,35-,37+,38+/m0/s1. The van der Waals surface area contributed by atoms with Crippen LogP contribution in [0, 0.1) is 39.7 Å². The second-order valence-electron chi connectivity index (χ2n) is 19.2. The summed E-state index contributed by atoms with van der Waals surface area (Å²) in [7, 11) is 0.807. The zero-order valence-corrected chi connectivity index (χ0v) is 40.5. The summed E-state index contributed by atoms with van der Waals surface area (Å²) in [4.78, 5) is 58.4. The van der Waals surface area contributed by atoms with Crippen LogP contribution in [0.25, 0.3) is 11.1 Å². The first-order valence-electron chi connectivity index (χ1n) is 22.6. The summed E-state index contributed by atoms with van der Waals surface area (Å²) in [6.07, 6.45) is -13.5. The predicted octanol–water partition coefficient (Wildman–Crippen LogP) is 6.31. The summed E-state index contributed by atoms with van der Waals surface area (Å²) < 4.78 is 155. The van der Waals surface area contributed by atoms with E-state index < -0.39 is 115 Å². The topological polar surface area (TPSA) is 213 Å². The number of nitrogens with one attached hydrogen (secondary N) is 4. The first kappa shape index (κ1) is 57.1. The number of carbonyl (C=O) groups excluding carboxylic acids is 3. The normalized spacial score (nSPS) is 16.2. The van der Waals surface area contributed by atoms with E-state index in [0.717, 1.165) is 38.4 Å². The van der Waals surface area contributed by atoms with Crippen molar-refractivity contribution in [1.82, 2.24) is 41.1 Å². The number of hydrogen-bond donors (Lipinski definition) is 6. The maximum absolute atomic E-state index is 15.9. The molecule has 4 heterocycles. The SMILES string of the molecule is COC(=O)N[C@H](C(=O)N[C@@H](Cc1ccc(C#Cc2ccc(N3CC4(COC4)C3)nc2)cc1)[C@@H](O)CN(Cc1c(F)cc(-c2cnn(C(F)F)c2)cc1F)NC(=O)[C@@H](NC(=O)O)C(C)(C)C(F)(F)F)C(C)(C)C(F)(F)F. The number of alkyl halides is 8. The molecule has 0 radical (unpaired) electrons. The fourth-order valence-corrected chi connectivity index (χ4v) is 8.02. The molecular formula is C48H51F10N9O8. The van der Waals surface area contributed by atoms with Gasteiger partial charge in [0.2, 0.25) is 5.91 Å². The van der Waals surface area contributed by atoms with Gasteiger partial charge in [-0.15, -0.1) is 0 Å². The first-order chi connectivity index (χ1) is 34.9. The van der Waals surface area contributed by atoms with Gasteiger partial charge in [-0.05, 0) is 81.6 Å². The Kier molecular flexibility index (Phi) is 17.0. The maximum atomic E-state index is 15.9. The van der Waals surface area contributed by atoms with Gasteiger partial charge in [0, 0.05) is 60.8 Å². The van der Waals surface area contributed by atoms with E-state index in [9.17, 15) is 64.5 Å². The number of ether oxygens (including phenoxy) is 2. The zero-order valence-electron chi connectivity index (χ0n) is 40.5. The highest BCUT2D eigenvalue weighted by atomic mass is 19.4. The van der Waals surface area contributed by atoms with E-state index in [2.05, 4.69) is 36.9 Å². The second-order valence-corrected chi connectivity index (χ2v) is 19.2. The number of nitrogens with zero attached hydrogens (tertiary/aromatic N) is 5. The molecule has 2 aromatic heterocycles. The molecule has 0 saturated carbocycles. The molecule has 0 aliphatic carbocycles. The van der Waals surface area contributed by atoms with Crippen molar-refractivity contribution in [2.45, 2.75) is 83.8 Å². The van der Waals surface area contributed by atoms with Crippen LogP contribution in [0.1, 0.15) is 56.5 Å². The number of halogens is 10. The summed E-state index contributed by atoms with van der Waals surface area (Å²) in [6.45, 7) is -0.325. The molecule has 17 nitrogen and oxygen atoms in total. The lowest BCUT2D eigenvalue weighted by Crippen LogP contribution is -2.66. The Morgan fingerprint density at radius 3 is 1.89 bits per heavy atom. The minimum atomic E-state index is -5.28. The van der Waals surface area contributed by atoms with Gasteiger partial charge < -0.3 is 40.5 Å². The first-order valence-corrected chi connectivity index (χ1v) is 22.6. The number of carboxylic acid groups (broad SMARTS) is 1. The van der Waals surface area contributed by atoms with Crippen LogP contribution >= 0.6 is 0 Å². The lowest BCUT2D eigenvalue weighted by Gasteiger charge is -2.55. The highest BCUT2D eigenvalue weighted by molar-refractivity contribution is 5.87. The smallest absolute Gasteiger partial charge is 0.407 e. The average molecular weight is 1070 g/mol. The Morgan fingerprint density at radius 2 is 1.40 bits per heavy atom. The van der Waals surface area contributed by atoms with Crippen molar-refractivity contribution in [1.29, 1.82) is 0 Å². The molecule has 27 heteroatoms. The third kappa shape index (κ3) is 13.4. The Morgan fingerprint density at radius 1 is 0.827 bits per heavy atom. The molecule has 6 rings (SSSR count). The molecular weight excluding hydrogens is 1020 g/mol. The average Bonchev–Trinajstić information content (AvgIpc) is 3.80. The van der Waals surface area contributed by atoms with Gasteiger partial charge in [0.1, 0.15) is 29.5 Å². The molecule has 2 saturated heterocycles. The number of aromatic nitrogens is 3. The van der Waals surface area contributed by atoms with Crippen LogP contribution in [0.15, 0.2) is 67.1 Å². The molecule has 1 spiro atoms. The summed E-state index contributed by atoms with van der Waals surface area (Å²) in [5, 5.41) is 30.8. The van der Waals surface area contributed by atoms with Crippen LogP contribution in [0.5, 0.6) is 0 Å². The Bertz CT molecular complexity index is 2750. The predicted molar refractivity (Wildman–Crippen MR) is 245 cm³/mol. The van der Waals surface area contributed by atoms with Crippen molar-refractivity contribution in [2.75, 3.05) is 44.9 Å². The van der Waals surface area contributed by atoms with E-state index in [1.54, 1.807) is 12.3 Å². The molecule has 75 heavy (non-hydrogen) atoms. The molecule has 0 bridgehead atoms. The number of alkyl carbamates (subject to hydrolysis) is 1. The van der Waals surface area contributed by atoms with Gasteiger partial charge in [0.05, 0.1) is 54.9 Å². The fourth-order valence-electron chi connectivity index (χ4n) is 8.02. The number of hydrogen-bond acceptors (Lipinski definition) is 11. The number of rotatable bonds is 18. The minimum Gasteiger partial charge on any atom is -0.465 e. The van der Waals surface area contributed by atoms with E-state index in [-0.39, 0.29) is 26.8 Å². The van der Waals surface area contributed by atoms with Crippen LogP contribution in [0.3, 0.4) is 0 Å². The summed E-state index contributed by atoms with van der Waals surface area (Å²) >= 11 is 0. The Hall–Kier alpha value is -7.18. The van der Waals surface area contributed by atoms with E-state index in [0.29, 0.717) is 69.2 Å². The van der Waals surface area contributed by atoms with E-state index in [1.807, 2.05) is 16.8 Å². The highest BCUT2D eigenvalue weighted by Crippen LogP contribution is 2.42. The van der Waals surface area contributed by atoms with E-state index >= 15 is 8.78 Å². The Balaban J connectivity index is 1.33. The van der Waals surface area contributed by atoms with Gasteiger partial charge in [0.25, 0.3) is 5.91 Å². The third-order valence-corrected chi connectivity index (χ3v) is 12.9. The highest BCUT2D eigenvalue weighted by Gasteiger charge is 2.57. The summed E-state index contributed by atoms with van der Waals surface area (Å²) in [5.41, 5.74) is -4.34. The molecule has 2 aliphatic heterocycles. The maximum Gasteiger partial charge on any atom is 0.407 e.